The maximum atomic E-state index is 10.9. The van der Waals surface area contributed by atoms with Crippen LogP contribution in [0.2, 0.25) is 0 Å². The van der Waals surface area contributed by atoms with Gasteiger partial charge in [-0.2, -0.15) is 0 Å². The van der Waals surface area contributed by atoms with Crippen LogP contribution in [-0.2, 0) is 32.2 Å². The van der Waals surface area contributed by atoms with E-state index in [1.165, 1.54) is 7.11 Å². The molecule has 6 nitrogen and oxygen atoms in total. The lowest BCUT2D eigenvalue weighted by Gasteiger charge is -2.43. The molecule has 2 aromatic rings. The molecular weight excluding hydrogens is 348 g/mol. The first-order valence-corrected chi connectivity index (χ1v) is 9.01. The van der Waals surface area contributed by atoms with Crippen molar-refractivity contribution >= 4 is 0 Å². The van der Waals surface area contributed by atoms with Crippen molar-refractivity contribution in [2.75, 3.05) is 13.7 Å². The Kier molecular flexibility index (Phi) is 7.34. The molecule has 5 atom stereocenters. The highest BCUT2D eigenvalue weighted by Gasteiger charge is 2.46. The number of ether oxygens (including phenoxy) is 4. The Labute approximate surface area is 159 Å². The van der Waals surface area contributed by atoms with Gasteiger partial charge in [0.25, 0.3) is 0 Å². The fourth-order valence-electron chi connectivity index (χ4n) is 3.15. The van der Waals surface area contributed by atoms with Crippen molar-refractivity contribution < 1.29 is 29.2 Å². The Morgan fingerprint density at radius 3 is 1.85 bits per heavy atom. The van der Waals surface area contributed by atoms with Crippen LogP contribution in [0.4, 0.5) is 0 Å². The summed E-state index contributed by atoms with van der Waals surface area (Å²) in [5.41, 5.74) is 1.95. The number of aliphatic hydroxyl groups excluding tert-OH is 2. The van der Waals surface area contributed by atoms with Gasteiger partial charge >= 0.3 is 0 Å². The van der Waals surface area contributed by atoms with Crippen LogP contribution in [0.25, 0.3) is 0 Å². The Morgan fingerprint density at radius 2 is 1.37 bits per heavy atom. The molecule has 0 bridgehead atoms. The van der Waals surface area contributed by atoms with Crippen LogP contribution in [0.1, 0.15) is 11.1 Å². The third kappa shape index (κ3) is 5.13. The first-order valence-electron chi connectivity index (χ1n) is 9.01. The predicted molar refractivity (Wildman–Crippen MR) is 98.8 cm³/mol. The third-order valence-electron chi connectivity index (χ3n) is 4.60. The second kappa shape index (κ2) is 9.94. The lowest BCUT2D eigenvalue weighted by atomic mass is 9.98. The summed E-state index contributed by atoms with van der Waals surface area (Å²) < 4.78 is 22.9. The number of benzene rings is 2. The number of aliphatic hydroxyl groups is 2. The Morgan fingerprint density at radius 1 is 0.852 bits per heavy atom. The van der Waals surface area contributed by atoms with Gasteiger partial charge in [0.2, 0.25) is 0 Å². The maximum absolute atomic E-state index is 10.9. The van der Waals surface area contributed by atoms with E-state index in [9.17, 15) is 10.2 Å². The summed E-state index contributed by atoms with van der Waals surface area (Å²) >= 11 is 0. The minimum Gasteiger partial charge on any atom is -0.394 e. The number of hydrogen-bond donors (Lipinski definition) is 2. The fourth-order valence-corrected chi connectivity index (χ4v) is 3.15. The van der Waals surface area contributed by atoms with E-state index in [2.05, 4.69) is 0 Å². The summed E-state index contributed by atoms with van der Waals surface area (Å²) in [4.78, 5) is 0. The monoisotopic (exact) mass is 374 g/mol. The molecule has 0 spiro atoms. The third-order valence-corrected chi connectivity index (χ3v) is 4.60. The smallest absolute Gasteiger partial charge is 0.186 e. The molecule has 146 valence electrons. The molecule has 1 fully saturated rings. The lowest BCUT2D eigenvalue weighted by Crippen LogP contribution is -2.60. The van der Waals surface area contributed by atoms with Crippen LogP contribution in [0.5, 0.6) is 0 Å². The zero-order valence-corrected chi connectivity index (χ0v) is 15.3. The summed E-state index contributed by atoms with van der Waals surface area (Å²) in [6.07, 6.45) is -3.97. The zero-order chi connectivity index (χ0) is 19.1. The second-order valence-corrected chi connectivity index (χ2v) is 6.47. The van der Waals surface area contributed by atoms with E-state index < -0.39 is 30.7 Å². The molecule has 3 rings (SSSR count). The zero-order valence-electron chi connectivity index (χ0n) is 15.3. The van der Waals surface area contributed by atoms with E-state index in [1.807, 2.05) is 60.7 Å². The van der Waals surface area contributed by atoms with Gasteiger partial charge in [0.15, 0.2) is 6.29 Å². The fraction of sp³-hybridized carbons (Fsp3) is 0.429. The molecule has 1 saturated heterocycles. The van der Waals surface area contributed by atoms with Gasteiger partial charge in [0.05, 0.1) is 19.8 Å². The van der Waals surface area contributed by atoms with Gasteiger partial charge in [-0.25, -0.2) is 0 Å². The summed E-state index contributed by atoms with van der Waals surface area (Å²) in [7, 11) is 1.48. The molecule has 0 radical (unpaired) electrons. The van der Waals surface area contributed by atoms with E-state index >= 15 is 0 Å². The topological polar surface area (TPSA) is 77.4 Å². The SMILES string of the molecule is CO[C@H]1OC(CO)[C@@H](OCc2ccccc2)[C@H](O)C1OCc1ccccc1. The van der Waals surface area contributed by atoms with Crippen molar-refractivity contribution in [2.45, 2.75) is 43.9 Å². The average molecular weight is 374 g/mol. The number of hydrogen-bond acceptors (Lipinski definition) is 6. The molecule has 2 N–H and O–H groups in total. The first kappa shape index (κ1) is 19.9. The van der Waals surface area contributed by atoms with Gasteiger partial charge in [0, 0.05) is 7.11 Å². The van der Waals surface area contributed by atoms with Crippen molar-refractivity contribution in [3.8, 4) is 0 Å². The molecule has 2 aromatic carbocycles. The first-order chi connectivity index (χ1) is 13.2. The quantitative estimate of drug-likeness (QED) is 0.735. The van der Waals surface area contributed by atoms with Crippen LogP contribution >= 0.6 is 0 Å². The van der Waals surface area contributed by atoms with Gasteiger partial charge in [-0.05, 0) is 11.1 Å². The highest BCUT2D eigenvalue weighted by Crippen LogP contribution is 2.27. The molecule has 6 heteroatoms. The van der Waals surface area contributed by atoms with Crippen LogP contribution in [0.3, 0.4) is 0 Å². The van der Waals surface area contributed by atoms with E-state index in [4.69, 9.17) is 18.9 Å². The number of rotatable bonds is 8. The molecule has 2 unspecified atom stereocenters. The number of methoxy groups -OCH3 is 1. The second-order valence-electron chi connectivity index (χ2n) is 6.47. The maximum Gasteiger partial charge on any atom is 0.186 e. The Balaban J connectivity index is 1.68. The molecule has 1 heterocycles. The van der Waals surface area contributed by atoms with E-state index in [-0.39, 0.29) is 6.61 Å². The molecule has 0 amide bonds. The van der Waals surface area contributed by atoms with Crippen LogP contribution in [0, 0.1) is 0 Å². The van der Waals surface area contributed by atoms with Gasteiger partial charge in [0.1, 0.15) is 24.4 Å². The average Bonchev–Trinajstić information content (AvgIpc) is 2.73. The van der Waals surface area contributed by atoms with Crippen molar-refractivity contribution in [3.63, 3.8) is 0 Å². The largest absolute Gasteiger partial charge is 0.394 e. The molecule has 27 heavy (non-hydrogen) atoms. The van der Waals surface area contributed by atoms with Gasteiger partial charge in [-0.3, -0.25) is 0 Å². The molecule has 0 aliphatic carbocycles. The summed E-state index contributed by atoms with van der Waals surface area (Å²) in [6.45, 7) is 0.314. The highest BCUT2D eigenvalue weighted by molar-refractivity contribution is 5.14. The van der Waals surface area contributed by atoms with Crippen molar-refractivity contribution in [1.29, 1.82) is 0 Å². The van der Waals surface area contributed by atoms with E-state index in [0.29, 0.717) is 13.2 Å². The highest BCUT2D eigenvalue weighted by atomic mass is 16.7. The van der Waals surface area contributed by atoms with Gasteiger partial charge in [-0.1, -0.05) is 60.7 Å². The predicted octanol–water partition coefficient (Wildman–Crippen LogP) is 1.88. The molecule has 0 saturated carbocycles. The Bertz CT molecular complexity index is 607. The minimum absolute atomic E-state index is 0.290. The summed E-state index contributed by atoms with van der Waals surface area (Å²) in [6, 6.07) is 19.3. The van der Waals surface area contributed by atoms with Gasteiger partial charge in [-0.15, -0.1) is 0 Å². The van der Waals surface area contributed by atoms with Crippen LogP contribution in [0.15, 0.2) is 60.7 Å². The molecule has 1 aliphatic rings. The van der Waals surface area contributed by atoms with Crippen LogP contribution < -0.4 is 0 Å². The van der Waals surface area contributed by atoms with Gasteiger partial charge < -0.3 is 29.2 Å². The van der Waals surface area contributed by atoms with E-state index in [1.54, 1.807) is 0 Å². The van der Waals surface area contributed by atoms with Crippen LogP contribution in [-0.4, -0.2) is 54.6 Å². The minimum atomic E-state index is -1.01. The van der Waals surface area contributed by atoms with E-state index in [0.717, 1.165) is 11.1 Å². The molecule has 0 aromatic heterocycles. The summed E-state index contributed by atoms with van der Waals surface area (Å²) in [5, 5.41) is 20.5. The van der Waals surface area contributed by atoms with Crippen molar-refractivity contribution in [2.24, 2.45) is 0 Å². The van der Waals surface area contributed by atoms with Crippen molar-refractivity contribution in [1.82, 2.24) is 0 Å². The Hall–Kier alpha value is -1.80. The normalized spacial score (nSPS) is 28.2. The lowest BCUT2D eigenvalue weighted by molar-refractivity contribution is -0.313. The standard InChI is InChI=1S/C21H26O6/c1-24-21-20(26-14-16-10-6-3-7-11-16)18(23)19(17(12-22)27-21)25-13-15-8-4-2-5-9-15/h2-11,17-23H,12-14H2,1H3/t17?,18-,19+,20?,21-/m0/s1. The molecule has 1 aliphatic heterocycles. The summed E-state index contributed by atoms with van der Waals surface area (Å²) in [5.74, 6) is 0. The molecular formula is C21H26O6. The van der Waals surface area contributed by atoms with Crippen molar-refractivity contribution in [3.05, 3.63) is 71.8 Å².